The fourth-order valence-corrected chi connectivity index (χ4v) is 2.92. The molecule has 0 amide bonds. The molecule has 2 aromatic carbocycles. The molecule has 0 saturated carbocycles. The summed E-state index contributed by atoms with van der Waals surface area (Å²) in [6, 6.07) is 17.7. The molecule has 3 N–H and O–H groups in total. The highest BCUT2D eigenvalue weighted by molar-refractivity contribution is 6.52. The molecule has 6 nitrogen and oxygen atoms in total. The van der Waals surface area contributed by atoms with Crippen LogP contribution in [0.5, 0.6) is 0 Å². The van der Waals surface area contributed by atoms with Crippen LogP contribution in [0.2, 0.25) is 0 Å². The molecule has 0 fully saturated rings. The Labute approximate surface area is 165 Å². The molecule has 1 aliphatic rings. The molecule has 0 aromatic heterocycles. The second-order valence-corrected chi connectivity index (χ2v) is 6.40. The number of nitrogens with zero attached hydrogens (tertiary/aromatic N) is 2. The van der Waals surface area contributed by atoms with Gasteiger partial charge in [-0.25, -0.2) is 0 Å². The van der Waals surface area contributed by atoms with Crippen LogP contribution in [0.1, 0.15) is 36.5 Å². The van der Waals surface area contributed by atoms with Gasteiger partial charge in [-0.3, -0.25) is 10.8 Å². The van der Waals surface area contributed by atoms with E-state index in [1.165, 1.54) is 0 Å². The summed E-state index contributed by atoms with van der Waals surface area (Å²) in [5.41, 5.74) is 9.57. The van der Waals surface area contributed by atoms with Gasteiger partial charge in [0.1, 0.15) is 5.71 Å². The number of nitrogens with one attached hydrogen (secondary N) is 3. The Morgan fingerprint density at radius 2 is 2.00 bits per heavy atom. The number of hydrogen-bond donors (Lipinski definition) is 3. The van der Waals surface area contributed by atoms with Crippen LogP contribution in [0.4, 0.5) is 0 Å². The molecule has 0 bridgehead atoms. The SMILES string of the molecule is CN/N=C(\C(=N)c1ccccc1)c1cccc(/C=C/CCC2NN=C(C)O2)c1. The molecule has 28 heavy (non-hydrogen) atoms. The average Bonchev–Trinajstić information content (AvgIpc) is 3.15. The Bertz CT molecular complexity index is 902. The van der Waals surface area contributed by atoms with Crippen molar-refractivity contribution in [2.75, 3.05) is 7.05 Å². The maximum absolute atomic E-state index is 8.56. The van der Waals surface area contributed by atoms with Gasteiger partial charge in [-0.2, -0.15) is 5.10 Å². The zero-order chi connectivity index (χ0) is 19.8. The number of allylic oxidation sites excluding steroid dienone is 1. The summed E-state index contributed by atoms with van der Waals surface area (Å²) < 4.78 is 5.52. The summed E-state index contributed by atoms with van der Waals surface area (Å²) in [5.74, 6) is 0.680. The number of hydrogen-bond acceptors (Lipinski definition) is 6. The highest BCUT2D eigenvalue weighted by atomic mass is 16.5. The first kappa shape index (κ1) is 19.4. The van der Waals surface area contributed by atoms with Crippen LogP contribution in [0.15, 0.2) is 70.9 Å². The maximum Gasteiger partial charge on any atom is 0.204 e. The molecule has 1 atom stereocenters. The molecule has 3 rings (SSSR count). The smallest absolute Gasteiger partial charge is 0.204 e. The number of rotatable bonds is 8. The van der Waals surface area contributed by atoms with Crippen molar-refractivity contribution >= 4 is 23.4 Å². The summed E-state index contributed by atoms with van der Waals surface area (Å²) in [7, 11) is 1.74. The van der Waals surface area contributed by atoms with Crippen LogP contribution in [0.3, 0.4) is 0 Å². The highest BCUT2D eigenvalue weighted by Crippen LogP contribution is 2.14. The van der Waals surface area contributed by atoms with E-state index in [-0.39, 0.29) is 6.23 Å². The minimum atomic E-state index is -0.0447. The van der Waals surface area contributed by atoms with Gasteiger partial charge >= 0.3 is 0 Å². The largest absolute Gasteiger partial charge is 0.455 e. The first-order chi connectivity index (χ1) is 13.7. The normalized spacial score (nSPS) is 16.4. The molecular weight excluding hydrogens is 350 g/mol. The Morgan fingerprint density at radius 1 is 1.21 bits per heavy atom. The van der Waals surface area contributed by atoms with Gasteiger partial charge in [0.25, 0.3) is 0 Å². The summed E-state index contributed by atoms with van der Waals surface area (Å²) in [4.78, 5) is 0. The van der Waals surface area contributed by atoms with Crippen molar-refractivity contribution in [3.8, 4) is 0 Å². The summed E-state index contributed by atoms with van der Waals surface area (Å²) >= 11 is 0. The lowest BCUT2D eigenvalue weighted by Crippen LogP contribution is -2.20. The molecular formula is C22H25N5O. The third-order valence-electron chi connectivity index (χ3n) is 4.27. The van der Waals surface area contributed by atoms with Gasteiger partial charge in [0.15, 0.2) is 6.23 Å². The van der Waals surface area contributed by atoms with E-state index in [9.17, 15) is 0 Å². The second kappa shape index (κ2) is 9.50. The van der Waals surface area contributed by atoms with Crippen molar-refractivity contribution in [1.29, 1.82) is 5.41 Å². The van der Waals surface area contributed by atoms with E-state index in [4.69, 9.17) is 10.1 Å². The molecule has 0 radical (unpaired) electrons. The van der Waals surface area contributed by atoms with E-state index in [1.807, 2.05) is 61.5 Å². The predicted molar refractivity (Wildman–Crippen MR) is 115 cm³/mol. The Morgan fingerprint density at radius 3 is 2.71 bits per heavy atom. The maximum atomic E-state index is 8.56. The van der Waals surface area contributed by atoms with E-state index in [0.29, 0.717) is 17.3 Å². The molecule has 0 aliphatic carbocycles. The Balaban J connectivity index is 1.69. The van der Waals surface area contributed by atoms with Gasteiger partial charge in [0.05, 0.1) is 5.71 Å². The first-order valence-corrected chi connectivity index (χ1v) is 9.29. The molecule has 1 heterocycles. The lowest BCUT2D eigenvalue weighted by molar-refractivity contribution is 0.176. The monoisotopic (exact) mass is 375 g/mol. The number of ether oxygens (including phenoxy) is 1. The highest BCUT2D eigenvalue weighted by Gasteiger charge is 2.14. The zero-order valence-corrected chi connectivity index (χ0v) is 16.1. The fourth-order valence-electron chi connectivity index (χ4n) is 2.92. The number of benzene rings is 2. The predicted octanol–water partition coefficient (Wildman–Crippen LogP) is 3.75. The minimum Gasteiger partial charge on any atom is -0.455 e. The van der Waals surface area contributed by atoms with Gasteiger partial charge in [-0.05, 0) is 18.1 Å². The summed E-state index contributed by atoms with van der Waals surface area (Å²) in [6.45, 7) is 1.84. The van der Waals surface area contributed by atoms with Crippen molar-refractivity contribution in [3.05, 3.63) is 77.4 Å². The van der Waals surface area contributed by atoms with Gasteiger partial charge < -0.3 is 10.2 Å². The molecule has 6 heteroatoms. The molecule has 1 unspecified atom stereocenters. The van der Waals surface area contributed by atoms with Crippen LogP contribution in [0, 0.1) is 5.41 Å². The van der Waals surface area contributed by atoms with E-state index in [2.05, 4.69) is 33.2 Å². The topological polar surface area (TPSA) is 81.9 Å². The summed E-state index contributed by atoms with van der Waals surface area (Å²) in [5, 5.41) is 16.9. The fraction of sp³-hybridized carbons (Fsp3) is 0.227. The summed E-state index contributed by atoms with van der Waals surface area (Å²) in [6.07, 6.45) is 5.88. The molecule has 0 saturated heterocycles. The second-order valence-electron chi connectivity index (χ2n) is 6.40. The third-order valence-corrected chi connectivity index (χ3v) is 4.27. The van der Waals surface area contributed by atoms with Crippen LogP contribution in [0.25, 0.3) is 6.08 Å². The first-order valence-electron chi connectivity index (χ1n) is 9.29. The van der Waals surface area contributed by atoms with Crippen LogP contribution >= 0.6 is 0 Å². The lowest BCUT2D eigenvalue weighted by atomic mass is 9.98. The van der Waals surface area contributed by atoms with Crippen LogP contribution < -0.4 is 10.9 Å². The van der Waals surface area contributed by atoms with Gasteiger partial charge in [0, 0.05) is 31.5 Å². The van der Waals surface area contributed by atoms with E-state index >= 15 is 0 Å². The van der Waals surface area contributed by atoms with Gasteiger partial charge in [-0.1, -0.05) is 60.7 Å². The van der Waals surface area contributed by atoms with Crippen molar-refractivity contribution in [2.45, 2.75) is 26.0 Å². The third kappa shape index (κ3) is 5.07. The van der Waals surface area contributed by atoms with Crippen molar-refractivity contribution in [3.63, 3.8) is 0 Å². The molecule has 2 aromatic rings. The minimum absolute atomic E-state index is 0.0447. The number of hydrazone groups is 2. The molecule has 1 aliphatic heterocycles. The average molecular weight is 375 g/mol. The van der Waals surface area contributed by atoms with Crippen molar-refractivity contribution in [2.24, 2.45) is 10.2 Å². The zero-order valence-electron chi connectivity index (χ0n) is 16.1. The lowest BCUT2D eigenvalue weighted by Gasteiger charge is -2.10. The standard InChI is InChI=1S/C22H25N5O/c1-16-25-26-20(28-16)14-7-6-9-17-10-8-13-19(15-17)22(27-24-2)21(23)18-11-4-3-5-12-18/h3-6,8-13,15,20,23-24,26H,7,14H2,1-2H3/b9-6+,23-21?,27-22-. The Kier molecular flexibility index (Phi) is 6.57. The van der Waals surface area contributed by atoms with Crippen LogP contribution in [-0.4, -0.2) is 30.6 Å². The van der Waals surface area contributed by atoms with Crippen molar-refractivity contribution in [1.82, 2.24) is 10.9 Å². The molecule has 0 spiro atoms. The van der Waals surface area contributed by atoms with Gasteiger partial charge in [0.2, 0.25) is 5.90 Å². The Hall–Kier alpha value is -3.41. The molecule has 144 valence electrons. The van der Waals surface area contributed by atoms with Crippen LogP contribution in [-0.2, 0) is 4.74 Å². The van der Waals surface area contributed by atoms with E-state index in [0.717, 1.165) is 29.5 Å². The van der Waals surface area contributed by atoms with Crippen molar-refractivity contribution < 1.29 is 4.74 Å². The van der Waals surface area contributed by atoms with E-state index < -0.39 is 0 Å². The van der Waals surface area contributed by atoms with Gasteiger partial charge in [-0.15, -0.1) is 5.10 Å². The quantitative estimate of drug-likeness (QED) is 0.485. The van der Waals surface area contributed by atoms with E-state index in [1.54, 1.807) is 7.05 Å².